The van der Waals surface area contributed by atoms with Crippen LogP contribution in [0.1, 0.15) is 24.1 Å². The van der Waals surface area contributed by atoms with E-state index in [9.17, 15) is 0 Å². The zero-order chi connectivity index (χ0) is 13.7. The maximum absolute atomic E-state index is 4.46. The van der Waals surface area contributed by atoms with E-state index < -0.39 is 0 Å². The van der Waals surface area contributed by atoms with Crippen LogP contribution < -0.4 is 5.32 Å². The molecule has 1 N–H and O–H groups in total. The first-order chi connectivity index (χ1) is 9.17. The van der Waals surface area contributed by atoms with Gasteiger partial charge in [0.25, 0.3) is 0 Å². The molecule has 0 aromatic carbocycles. The molecule has 0 aliphatic heterocycles. The van der Waals surface area contributed by atoms with Gasteiger partial charge in [-0.15, -0.1) is 0 Å². The molecular weight excluding hydrogens is 258 g/mol. The SMILES string of the molecule is CCNc1cc(C)nc(CSc2nccc(C)n2)n1. The third kappa shape index (κ3) is 4.17. The van der Waals surface area contributed by atoms with Gasteiger partial charge >= 0.3 is 0 Å². The van der Waals surface area contributed by atoms with Crippen molar-refractivity contribution >= 4 is 17.6 Å². The number of hydrogen-bond acceptors (Lipinski definition) is 6. The Morgan fingerprint density at radius 2 is 2.00 bits per heavy atom. The lowest BCUT2D eigenvalue weighted by atomic mass is 10.4. The average Bonchev–Trinajstić information content (AvgIpc) is 2.36. The highest BCUT2D eigenvalue weighted by Gasteiger charge is 2.04. The van der Waals surface area contributed by atoms with E-state index in [4.69, 9.17) is 0 Å². The first-order valence-corrected chi connectivity index (χ1v) is 7.17. The van der Waals surface area contributed by atoms with Crippen molar-refractivity contribution in [1.82, 2.24) is 19.9 Å². The predicted octanol–water partition coefficient (Wildman–Crippen LogP) is 2.61. The summed E-state index contributed by atoms with van der Waals surface area (Å²) in [5.74, 6) is 2.34. The lowest BCUT2D eigenvalue weighted by molar-refractivity contribution is 0.924. The number of aryl methyl sites for hydroxylation is 2. The maximum Gasteiger partial charge on any atom is 0.188 e. The molecule has 0 bridgehead atoms. The minimum atomic E-state index is 0.670. The Morgan fingerprint density at radius 3 is 2.74 bits per heavy atom. The number of aromatic nitrogens is 4. The van der Waals surface area contributed by atoms with Gasteiger partial charge in [-0.05, 0) is 26.8 Å². The quantitative estimate of drug-likeness (QED) is 0.668. The van der Waals surface area contributed by atoms with Crippen molar-refractivity contribution in [2.75, 3.05) is 11.9 Å². The fourth-order valence-electron chi connectivity index (χ4n) is 1.59. The standard InChI is InChI=1S/C13H17N5S/c1-4-14-11-7-10(3)16-12(18-11)8-19-13-15-6-5-9(2)17-13/h5-7H,4,8H2,1-3H3,(H,14,16,18). The molecular formula is C13H17N5S. The van der Waals surface area contributed by atoms with Gasteiger partial charge in [0.05, 0.1) is 5.75 Å². The summed E-state index contributed by atoms with van der Waals surface area (Å²) < 4.78 is 0. The molecule has 0 amide bonds. The van der Waals surface area contributed by atoms with Crippen molar-refractivity contribution in [3.05, 3.63) is 35.5 Å². The topological polar surface area (TPSA) is 63.6 Å². The molecule has 2 aromatic heterocycles. The third-order valence-electron chi connectivity index (χ3n) is 2.36. The van der Waals surface area contributed by atoms with Gasteiger partial charge < -0.3 is 5.32 Å². The second-order valence-electron chi connectivity index (χ2n) is 4.11. The highest BCUT2D eigenvalue weighted by molar-refractivity contribution is 7.98. The van der Waals surface area contributed by atoms with Crippen LogP contribution >= 0.6 is 11.8 Å². The summed E-state index contributed by atoms with van der Waals surface area (Å²) in [6.45, 7) is 6.83. The third-order valence-corrected chi connectivity index (χ3v) is 3.22. The van der Waals surface area contributed by atoms with Crippen LogP contribution in [-0.2, 0) is 5.75 Å². The lowest BCUT2D eigenvalue weighted by Crippen LogP contribution is -2.04. The minimum absolute atomic E-state index is 0.670. The lowest BCUT2D eigenvalue weighted by Gasteiger charge is -2.06. The highest BCUT2D eigenvalue weighted by Crippen LogP contribution is 2.18. The van der Waals surface area contributed by atoms with E-state index in [1.54, 1.807) is 18.0 Å². The van der Waals surface area contributed by atoms with Gasteiger partial charge in [-0.25, -0.2) is 19.9 Å². The van der Waals surface area contributed by atoms with Crippen LogP contribution in [-0.4, -0.2) is 26.5 Å². The van der Waals surface area contributed by atoms with E-state index in [0.29, 0.717) is 5.75 Å². The molecule has 0 spiro atoms. The van der Waals surface area contributed by atoms with Crippen LogP contribution in [0, 0.1) is 13.8 Å². The summed E-state index contributed by atoms with van der Waals surface area (Å²) in [4.78, 5) is 17.5. The summed E-state index contributed by atoms with van der Waals surface area (Å²) in [6.07, 6.45) is 1.77. The van der Waals surface area contributed by atoms with E-state index in [2.05, 4.69) is 25.3 Å². The second-order valence-corrected chi connectivity index (χ2v) is 5.05. The van der Waals surface area contributed by atoms with Crippen molar-refractivity contribution in [3.63, 3.8) is 0 Å². The van der Waals surface area contributed by atoms with Gasteiger partial charge in [0.1, 0.15) is 11.6 Å². The molecule has 0 atom stereocenters. The molecule has 2 heterocycles. The Kier molecular flexibility index (Phi) is 4.68. The van der Waals surface area contributed by atoms with E-state index >= 15 is 0 Å². The number of thioether (sulfide) groups is 1. The van der Waals surface area contributed by atoms with Crippen molar-refractivity contribution < 1.29 is 0 Å². The Balaban J connectivity index is 2.06. The molecule has 100 valence electrons. The fraction of sp³-hybridized carbons (Fsp3) is 0.385. The predicted molar refractivity (Wildman–Crippen MR) is 77.3 cm³/mol. The summed E-state index contributed by atoms with van der Waals surface area (Å²) in [5.41, 5.74) is 1.93. The van der Waals surface area contributed by atoms with Crippen LogP contribution in [0.15, 0.2) is 23.5 Å². The molecule has 0 radical (unpaired) electrons. The second kappa shape index (κ2) is 6.47. The zero-order valence-corrected chi connectivity index (χ0v) is 12.2. The van der Waals surface area contributed by atoms with Crippen molar-refractivity contribution in [2.45, 2.75) is 31.7 Å². The summed E-state index contributed by atoms with van der Waals surface area (Å²) in [5, 5.41) is 3.96. The number of nitrogens with one attached hydrogen (secondary N) is 1. The molecule has 2 rings (SSSR count). The van der Waals surface area contributed by atoms with Gasteiger partial charge in [-0.1, -0.05) is 11.8 Å². The van der Waals surface area contributed by atoms with Gasteiger partial charge in [0.2, 0.25) is 0 Å². The van der Waals surface area contributed by atoms with Gasteiger partial charge in [0.15, 0.2) is 5.16 Å². The van der Waals surface area contributed by atoms with E-state index in [-0.39, 0.29) is 0 Å². The Bertz CT molecular complexity index is 558. The molecule has 19 heavy (non-hydrogen) atoms. The Labute approximate surface area is 117 Å². The first kappa shape index (κ1) is 13.7. The van der Waals surface area contributed by atoms with E-state index in [0.717, 1.165) is 34.7 Å². The normalized spacial score (nSPS) is 10.5. The average molecular weight is 275 g/mol. The van der Waals surface area contributed by atoms with Crippen molar-refractivity contribution in [3.8, 4) is 0 Å². The monoisotopic (exact) mass is 275 g/mol. The molecule has 0 aliphatic carbocycles. The Hall–Kier alpha value is -1.69. The number of hydrogen-bond donors (Lipinski definition) is 1. The van der Waals surface area contributed by atoms with Gasteiger partial charge in [-0.2, -0.15) is 0 Å². The fourth-order valence-corrected chi connectivity index (χ4v) is 2.32. The maximum atomic E-state index is 4.46. The first-order valence-electron chi connectivity index (χ1n) is 6.18. The summed E-state index contributed by atoms with van der Waals surface area (Å²) in [7, 11) is 0. The van der Waals surface area contributed by atoms with Crippen LogP contribution in [0.4, 0.5) is 5.82 Å². The van der Waals surface area contributed by atoms with Crippen molar-refractivity contribution in [2.24, 2.45) is 0 Å². The zero-order valence-electron chi connectivity index (χ0n) is 11.3. The molecule has 5 nitrogen and oxygen atoms in total. The van der Waals surface area contributed by atoms with E-state index in [1.807, 2.05) is 32.9 Å². The Morgan fingerprint density at radius 1 is 1.16 bits per heavy atom. The van der Waals surface area contributed by atoms with Crippen LogP contribution in [0.25, 0.3) is 0 Å². The van der Waals surface area contributed by atoms with Crippen LogP contribution in [0.2, 0.25) is 0 Å². The van der Waals surface area contributed by atoms with E-state index in [1.165, 1.54) is 0 Å². The van der Waals surface area contributed by atoms with Gasteiger partial charge in [-0.3, -0.25) is 0 Å². The molecule has 0 aliphatic rings. The van der Waals surface area contributed by atoms with Gasteiger partial charge in [0, 0.05) is 30.2 Å². The smallest absolute Gasteiger partial charge is 0.188 e. The molecule has 0 saturated heterocycles. The van der Waals surface area contributed by atoms with Crippen LogP contribution in [0.3, 0.4) is 0 Å². The minimum Gasteiger partial charge on any atom is -0.370 e. The molecule has 6 heteroatoms. The number of nitrogens with zero attached hydrogens (tertiary/aromatic N) is 4. The number of anilines is 1. The molecule has 2 aromatic rings. The summed E-state index contributed by atoms with van der Waals surface area (Å²) in [6, 6.07) is 3.83. The van der Waals surface area contributed by atoms with Crippen molar-refractivity contribution in [1.29, 1.82) is 0 Å². The molecule has 0 fully saturated rings. The molecule has 0 unspecified atom stereocenters. The summed E-state index contributed by atoms with van der Waals surface area (Å²) >= 11 is 1.55. The largest absolute Gasteiger partial charge is 0.370 e. The van der Waals surface area contributed by atoms with Crippen LogP contribution in [0.5, 0.6) is 0 Å². The number of rotatable bonds is 5. The molecule has 0 saturated carbocycles. The highest BCUT2D eigenvalue weighted by atomic mass is 32.2.